The zero-order chi connectivity index (χ0) is 20.8. The van der Waals surface area contributed by atoms with Crippen LogP contribution in [0.4, 0.5) is 4.39 Å². The summed E-state index contributed by atoms with van der Waals surface area (Å²) in [6.45, 7) is 8.83. The van der Waals surface area contributed by atoms with Gasteiger partial charge in [0.15, 0.2) is 6.61 Å². The Kier molecular flexibility index (Phi) is 7.09. The summed E-state index contributed by atoms with van der Waals surface area (Å²) >= 11 is 0. The van der Waals surface area contributed by atoms with Crippen LogP contribution in [0.3, 0.4) is 0 Å². The van der Waals surface area contributed by atoms with Gasteiger partial charge in [-0.05, 0) is 50.6 Å². The van der Waals surface area contributed by atoms with E-state index < -0.39 is 0 Å². The SMILES string of the molecule is CCOc1cccc(OCC(=O)N2CC(C)N(Cc3ccc(F)cc3)CC2C)c1. The van der Waals surface area contributed by atoms with E-state index in [0.717, 1.165) is 24.4 Å². The van der Waals surface area contributed by atoms with Crippen molar-refractivity contribution in [3.05, 3.63) is 59.9 Å². The van der Waals surface area contributed by atoms with Crippen LogP contribution in [-0.4, -0.2) is 54.1 Å². The Balaban J connectivity index is 1.54. The third-order valence-electron chi connectivity index (χ3n) is 5.21. The summed E-state index contributed by atoms with van der Waals surface area (Å²) in [4.78, 5) is 17.0. The van der Waals surface area contributed by atoms with Gasteiger partial charge >= 0.3 is 0 Å². The average molecular weight is 400 g/mol. The number of amides is 1. The number of carbonyl (C=O) groups is 1. The molecule has 0 saturated carbocycles. The van der Waals surface area contributed by atoms with Crippen LogP contribution >= 0.6 is 0 Å². The molecule has 2 aromatic rings. The molecule has 2 aromatic carbocycles. The van der Waals surface area contributed by atoms with Crippen molar-refractivity contribution < 1.29 is 18.7 Å². The van der Waals surface area contributed by atoms with Crippen LogP contribution in [0, 0.1) is 5.82 Å². The van der Waals surface area contributed by atoms with E-state index in [1.54, 1.807) is 6.07 Å². The molecule has 156 valence electrons. The number of benzene rings is 2. The molecule has 1 heterocycles. The molecule has 3 rings (SSSR count). The first-order chi connectivity index (χ1) is 14.0. The normalized spacial score (nSPS) is 19.8. The van der Waals surface area contributed by atoms with Crippen LogP contribution in [0.2, 0.25) is 0 Å². The second-order valence-corrected chi connectivity index (χ2v) is 7.50. The molecular weight excluding hydrogens is 371 g/mol. The second-order valence-electron chi connectivity index (χ2n) is 7.50. The van der Waals surface area contributed by atoms with Crippen molar-refractivity contribution in [3.63, 3.8) is 0 Å². The highest BCUT2D eigenvalue weighted by atomic mass is 19.1. The van der Waals surface area contributed by atoms with Crippen LogP contribution in [0.5, 0.6) is 11.5 Å². The van der Waals surface area contributed by atoms with E-state index >= 15 is 0 Å². The fourth-order valence-electron chi connectivity index (χ4n) is 3.64. The van der Waals surface area contributed by atoms with Gasteiger partial charge in [-0.15, -0.1) is 0 Å². The summed E-state index contributed by atoms with van der Waals surface area (Å²) in [5.41, 5.74) is 1.07. The van der Waals surface area contributed by atoms with Crippen LogP contribution in [0.1, 0.15) is 26.3 Å². The quantitative estimate of drug-likeness (QED) is 0.710. The monoisotopic (exact) mass is 400 g/mol. The second kappa shape index (κ2) is 9.74. The summed E-state index contributed by atoms with van der Waals surface area (Å²) in [5, 5.41) is 0. The zero-order valence-electron chi connectivity index (χ0n) is 17.3. The smallest absolute Gasteiger partial charge is 0.260 e. The third-order valence-corrected chi connectivity index (χ3v) is 5.21. The summed E-state index contributed by atoms with van der Waals surface area (Å²) in [5.74, 6) is 1.11. The highest BCUT2D eigenvalue weighted by Crippen LogP contribution is 2.21. The van der Waals surface area contributed by atoms with Crippen molar-refractivity contribution in [1.82, 2.24) is 9.80 Å². The van der Waals surface area contributed by atoms with Gasteiger partial charge in [0.2, 0.25) is 0 Å². The van der Waals surface area contributed by atoms with Gasteiger partial charge in [0.25, 0.3) is 5.91 Å². The molecule has 0 N–H and O–H groups in total. The average Bonchev–Trinajstić information content (AvgIpc) is 2.71. The van der Waals surface area contributed by atoms with Crippen molar-refractivity contribution in [1.29, 1.82) is 0 Å². The van der Waals surface area contributed by atoms with Crippen molar-refractivity contribution in [2.24, 2.45) is 0 Å². The fourth-order valence-corrected chi connectivity index (χ4v) is 3.64. The lowest BCUT2D eigenvalue weighted by Gasteiger charge is -2.44. The standard InChI is InChI=1S/C23H29FN2O3/c1-4-28-21-6-5-7-22(12-21)29-16-23(27)26-14-17(2)25(13-18(26)3)15-19-8-10-20(24)11-9-19/h5-12,17-18H,4,13-16H2,1-3H3. The lowest BCUT2D eigenvalue weighted by molar-refractivity contribution is -0.139. The van der Waals surface area contributed by atoms with Gasteiger partial charge in [0.05, 0.1) is 6.61 Å². The molecule has 5 nitrogen and oxygen atoms in total. The highest BCUT2D eigenvalue weighted by Gasteiger charge is 2.32. The zero-order valence-corrected chi connectivity index (χ0v) is 17.3. The Bertz CT molecular complexity index is 812. The molecule has 1 aliphatic rings. The first-order valence-electron chi connectivity index (χ1n) is 10.1. The van der Waals surface area contributed by atoms with Crippen LogP contribution in [0.25, 0.3) is 0 Å². The fraction of sp³-hybridized carbons (Fsp3) is 0.435. The van der Waals surface area contributed by atoms with Crippen LogP contribution < -0.4 is 9.47 Å². The minimum absolute atomic E-state index is 0.00456. The highest BCUT2D eigenvalue weighted by molar-refractivity contribution is 5.78. The number of piperazine rings is 1. The van der Waals surface area contributed by atoms with Gasteiger partial charge in [-0.25, -0.2) is 4.39 Å². The Morgan fingerprint density at radius 1 is 1.03 bits per heavy atom. The molecule has 1 amide bonds. The van der Waals surface area contributed by atoms with E-state index in [9.17, 15) is 9.18 Å². The molecule has 1 aliphatic heterocycles. The Hall–Kier alpha value is -2.60. The van der Waals surface area contributed by atoms with E-state index in [-0.39, 0.29) is 30.4 Å². The number of ether oxygens (including phenoxy) is 2. The van der Waals surface area contributed by atoms with Crippen molar-refractivity contribution in [3.8, 4) is 11.5 Å². The summed E-state index contributed by atoms with van der Waals surface area (Å²) in [6, 6.07) is 14.2. The summed E-state index contributed by atoms with van der Waals surface area (Å²) < 4.78 is 24.3. The Morgan fingerprint density at radius 2 is 1.72 bits per heavy atom. The number of rotatable bonds is 7. The van der Waals surface area contributed by atoms with E-state index in [1.165, 1.54) is 12.1 Å². The first kappa shape index (κ1) is 21.1. The molecule has 1 saturated heterocycles. The Morgan fingerprint density at radius 3 is 2.41 bits per heavy atom. The van der Waals surface area contributed by atoms with E-state index in [1.807, 2.05) is 42.2 Å². The predicted octanol–water partition coefficient (Wildman–Crippen LogP) is 3.72. The number of hydrogen-bond acceptors (Lipinski definition) is 4. The van der Waals surface area contributed by atoms with Crippen molar-refractivity contribution in [2.75, 3.05) is 26.3 Å². The molecule has 1 fully saturated rings. The van der Waals surface area contributed by atoms with Crippen LogP contribution in [0.15, 0.2) is 48.5 Å². The minimum atomic E-state index is -0.225. The molecule has 2 atom stereocenters. The maximum atomic E-state index is 13.1. The molecule has 0 aromatic heterocycles. The van der Waals surface area contributed by atoms with Crippen LogP contribution in [-0.2, 0) is 11.3 Å². The van der Waals surface area contributed by atoms with Crippen molar-refractivity contribution in [2.45, 2.75) is 39.4 Å². The number of hydrogen-bond donors (Lipinski definition) is 0. The number of halogens is 1. The van der Waals surface area contributed by atoms with Gasteiger partial charge in [0.1, 0.15) is 17.3 Å². The van der Waals surface area contributed by atoms with Gasteiger partial charge in [-0.3, -0.25) is 9.69 Å². The third kappa shape index (κ3) is 5.70. The molecule has 0 bridgehead atoms. The number of carbonyl (C=O) groups excluding carboxylic acids is 1. The molecule has 29 heavy (non-hydrogen) atoms. The van der Waals surface area contributed by atoms with Gasteiger partial charge in [0, 0.05) is 37.8 Å². The van der Waals surface area contributed by atoms with E-state index in [4.69, 9.17) is 9.47 Å². The lowest BCUT2D eigenvalue weighted by atomic mass is 10.1. The van der Waals surface area contributed by atoms with E-state index in [2.05, 4.69) is 18.7 Å². The van der Waals surface area contributed by atoms with Crippen molar-refractivity contribution >= 4 is 5.91 Å². The largest absolute Gasteiger partial charge is 0.494 e. The molecule has 6 heteroatoms. The number of nitrogens with zero attached hydrogens (tertiary/aromatic N) is 2. The topological polar surface area (TPSA) is 42.0 Å². The maximum Gasteiger partial charge on any atom is 0.260 e. The minimum Gasteiger partial charge on any atom is -0.494 e. The van der Waals surface area contributed by atoms with E-state index in [0.29, 0.717) is 18.9 Å². The molecule has 2 unspecified atom stereocenters. The first-order valence-corrected chi connectivity index (χ1v) is 10.1. The molecule has 0 radical (unpaired) electrons. The maximum absolute atomic E-state index is 13.1. The van der Waals surface area contributed by atoms with Gasteiger partial charge in [-0.2, -0.15) is 0 Å². The predicted molar refractivity (Wildman–Crippen MR) is 111 cm³/mol. The molecule has 0 spiro atoms. The molecular formula is C23H29FN2O3. The van der Waals surface area contributed by atoms with Gasteiger partial charge in [-0.1, -0.05) is 18.2 Å². The Labute approximate surface area is 172 Å². The lowest BCUT2D eigenvalue weighted by Crippen LogP contribution is -2.58. The molecule has 0 aliphatic carbocycles. The summed E-state index contributed by atoms with van der Waals surface area (Å²) in [7, 11) is 0. The van der Waals surface area contributed by atoms with Gasteiger partial charge < -0.3 is 14.4 Å². The summed E-state index contributed by atoms with van der Waals surface area (Å²) in [6.07, 6.45) is 0.